The Bertz CT molecular complexity index is 2000. The summed E-state index contributed by atoms with van der Waals surface area (Å²) in [7, 11) is 9.22. The molecule has 0 bridgehead atoms. The summed E-state index contributed by atoms with van der Waals surface area (Å²) in [5, 5.41) is 13.2. The zero-order valence-corrected chi connectivity index (χ0v) is 44.9. The Balaban J connectivity index is 0.000000345. The molecule has 4 aliphatic heterocycles. The van der Waals surface area contributed by atoms with E-state index in [-0.39, 0.29) is 110 Å². The average molecular weight is 1040 g/mol. The van der Waals surface area contributed by atoms with Gasteiger partial charge in [-0.25, -0.2) is 15.1 Å². The second-order valence-electron chi connectivity index (χ2n) is 20.7. The van der Waals surface area contributed by atoms with Crippen LogP contribution >= 0.6 is 22.9 Å². The molecule has 6 fully saturated rings. The van der Waals surface area contributed by atoms with Gasteiger partial charge in [-0.1, -0.05) is 31.5 Å². The fourth-order valence-electron chi connectivity index (χ4n) is 12.6. The molecule has 7 aliphatic rings. The van der Waals surface area contributed by atoms with Gasteiger partial charge >= 0.3 is 5.97 Å². The van der Waals surface area contributed by atoms with E-state index in [0.29, 0.717) is 35.5 Å². The number of hydrogen-bond donors (Lipinski definition) is 0. The smallest absolute Gasteiger partial charge is 0.306 e. The van der Waals surface area contributed by atoms with Crippen LogP contribution in [0.15, 0.2) is 22.9 Å². The van der Waals surface area contributed by atoms with Crippen LogP contribution in [-0.4, -0.2) is 165 Å². The van der Waals surface area contributed by atoms with Crippen LogP contribution < -0.4 is 0 Å². The molecular weight excluding hydrogens is 960 g/mol. The number of carbonyl (C=O) groups excluding carboxylic acids is 2. The number of Topliss-reactive ketones (excluding diaryl/α,β-unsaturated/α-hetero) is 1. The molecule has 71 heavy (non-hydrogen) atoms. The summed E-state index contributed by atoms with van der Waals surface area (Å²) in [4.78, 5) is 49.0. The summed E-state index contributed by atoms with van der Waals surface area (Å²) >= 11 is 7.05. The first-order valence-electron chi connectivity index (χ1n) is 25.8. The number of allylic oxidation sites excluding steroid dienone is 2. The van der Waals surface area contributed by atoms with E-state index >= 15 is 0 Å². The molecule has 0 aromatic carbocycles. The second-order valence-corrected chi connectivity index (χ2v) is 22.4. The van der Waals surface area contributed by atoms with Gasteiger partial charge in [-0.2, -0.15) is 0 Å². The number of methoxy groups -OCH3 is 2. The van der Waals surface area contributed by atoms with Crippen molar-refractivity contribution in [3.05, 3.63) is 37.3 Å². The number of halogens is 1. The first kappa shape index (κ1) is 55.9. The number of cyclic esters (lactones) is 1. The molecule has 1 aromatic rings. The predicted molar refractivity (Wildman–Crippen MR) is 265 cm³/mol. The number of rotatable bonds is 13. The van der Waals surface area contributed by atoms with Gasteiger partial charge in [0.2, 0.25) is 0 Å². The number of hydrogen-bond acceptors (Lipinski definition) is 16. The lowest BCUT2D eigenvalue weighted by Gasteiger charge is -2.44. The highest BCUT2D eigenvalue weighted by Crippen LogP contribution is 2.57. The maximum Gasteiger partial charge on any atom is 0.306 e. The van der Waals surface area contributed by atoms with Gasteiger partial charge in [-0.3, -0.25) is 9.59 Å². The minimum Gasteiger partial charge on any atom is -0.462 e. The molecule has 0 amide bonds. The largest absolute Gasteiger partial charge is 0.462 e. The molecule has 8 rings (SSSR count). The Morgan fingerprint density at radius 2 is 1.73 bits per heavy atom. The number of nitro groups is 1. The van der Waals surface area contributed by atoms with Crippen molar-refractivity contribution in [2.45, 2.75) is 179 Å². The minimum atomic E-state index is -0.718. The highest BCUT2D eigenvalue weighted by Gasteiger charge is 2.54. The van der Waals surface area contributed by atoms with Gasteiger partial charge in [-0.15, -0.1) is 11.3 Å². The van der Waals surface area contributed by atoms with E-state index in [1.807, 2.05) is 20.8 Å². The van der Waals surface area contributed by atoms with Gasteiger partial charge in [0.25, 0.3) is 5.96 Å². The topological polar surface area (TPSA) is 195 Å². The number of guanidine groups is 1. The Morgan fingerprint density at radius 3 is 2.39 bits per heavy atom. The van der Waals surface area contributed by atoms with Crippen LogP contribution in [0.4, 0.5) is 0 Å². The van der Waals surface area contributed by atoms with Crippen LogP contribution in [0, 0.1) is 45.6 Å². The molecule has 0 spiro atoms. The quantitative estimate of drug-likeness (QED) is 0.110. The average Bonchev–Trinajstić information content (AvgIpc) is 4.05. The van der Waals surface area contributed by atoms with Crippen molar-refractivity contribution in [3.8, 4) is 0 Å². The standard InChI is InChI=1S/C42H69NO10.C8H10ClN5O3S/c1-10-27-13-12-14-35(53-37-18-17-34(43(6)7)24(4)49-37)23(3)38(45)33-21-31-29(32(33)22-36(44)51-27)16-15-26-19-28(20-30(26)31)52-42-41(47-9)40(48-11-2)39(46-8)25(5)50-42;1-12-4-17-5-13(8(12)11-14(15)16)3-6-2-10-7(9)18-6/h21,23-32,34-35,37,39-42H,10-20,22H2,1-9H3;2H,3-5H2,1H3/b;11-8+/t23-,24-,25+,26-,27+,28-,29-,30-,31-,32+,34+,35+,37+,39+,40-,41-,42+;/m1./s1. The van der Waals surface area contributed by atoms with Crippen LogP contribution in [0.3, 0.4) is 0 Å². The number of likely N-dealkylation sites (N-methyl/N-ethyl adjacent to an activating group) is 1. The van der Waals surface area contributed by atoms with Gasteiger partial charge < -0.3 is 57.3 Å². The molecule has 2 saturated carbocycles. The first-order chi connectivity index (χ1) is 34.0. The van der Waals surface area contributed by atoms with Gasteiger partial charge in [-0.05, 0) is 128 Å². The summed E-state index contributed by atoms with van der Waals surface area (Å²) in [5.41, 5.74) is 0.816. The van der Waals surface area contributed by atoms with Crippen LogP contribution in [0.5, 0.6) is 0 Å². The van der Waals surface area contributed by atoms with Crippen molar-refractivity contribution in [1.82, 2.24) is 19.7 Å². The van der Waals surface area contributed by atoms with E-state index in [0.717, 1.165) is 74.7 Å². The maximum atomic E-state index is 14.7. The van der Waals surface area contributed by atoms with Gasteiger partial charge in [0, 0.05) is 56.8 Å². The van der Waals surface area contributed by atoms with Crippen molar-refractivity contribution in [3.63, 3.8) is 0 Å². The number of fused-ring (bicyclic) bond motifs is 5. The van der Waals surface area contributed by atoms with Crippen LogP contribution in [0.25, 0.3) is 0 Å². The highest BCUT2D eigenvalue weighted by atomic mass is 35.5. The molecule has 0 radical (unpaired) electrons. The lowest BCUT2D eigenvalue weighted by atomic mass is 9.66. The number of nitrogens with zero attached hydrogens (tertiary/aromatic N) is 6. The minimum absolute atomic E-state index is 0.00218. The molecule has 21 heteroatoms. The van der Waals surface area contributed by atoms with E-state index < -0.39 is 17.4 Å². The number of carbonyl (C=O) groups is 2. The fraction of sp³-hybridized carbons (Fsp3) is 0.840. The molecule has 3 aliphatic carbocycles. The molecule has 17 atom stereocenters. The fourth-order valence-corrected chi connectivity index (χ4v) is 13.6. The summed E-state index contributed by atoms with van der Waals surface area (Å²) in [6, 6.07) is 0.345. The second kappa shape index (κ2) is 25.6. The molecule has 0 unspecified atom stereocenters. The summed E-state index contributed by atoms with van der Waals surface area (Å²) < 4.78 is 55.9. The monoisotopic (exact) mass is 1040 g/mol. The number of hydrazone groups is 1. The Morgan fingerprint density at radius 1 is 0.958 bits per heavy atom. The zero-order valence-electron chi connectivity index (χ0n) is 43.4. The van der Waals surface area contributed by atoms with Crippen molar-refractivity contribution >= 4 is 40.6 Å². The Labute approximate surface area is 428 Å². The van der Waals surface area contributed by atoms with Crippen LogP contribution in [0.2, 0.25) is 4.47 Å². The Hall–Kier alpha value is -2.89. The normalized spacial score (nSPS) is 38.6. The highest BCUT2D eigenvalue weighted by molar-refractivity contribution is 7.15. The Kier molecular flexibility index (Phi) is 20.1. The third-order valence-corrected chi connectivity index (χ3v) is 17.1. The summed E-state index contributed by atoms with van der Waals surface area (Å²) in [6.45, 7) is 11.7. The number of ketones is 1. The molecule has 4 saturated heterocycles. The van der Waals surface area contributed by atoms with E-state index in [1.165, 1.54) is 11.3 Å². The number of thiazole rings is 1. The lowest BCUT2D eigenvalue weighted by Crippen LogP contribution is -2.60. The van der Waals surface area contributed by atoms with E-state index in [1.54, 1.807) is 37.3 Å². The van der Waals surface area contributed by atoms with Crippen molar-refractivity contribution in [1.29, 1.82) is 0 Å². The first-order valence-corrected chi connectivity index (χ1v) is 27.0. The zero-order chi connectivity index (χ0) is 51.1. The van der Waals surface area contributed by atoms with Crippen LogP contribution in [-0.2, 0) is 58.8 Å². The number of ether oxygens (including phenoxy) is 9. The molecule has 5 heterocycles. The van der Waals surface area contributed by atoms with Gasteiger partial charge in [0.1, 0.15) is 43.0 Å². The van der Waals surface area contributed by atoms with E-state index in [4.69, 9.17) is 54.2 Å². The predicted octanol–water partition coefficient (Wildman–Crippen LogP) is 7.12. The number of esters is 1. The number of aromatic nitrogens is 1. The van der Waals surface area contributed by atoms with Crippen LogP contribution in [0.1, 0.15) is 110 Å². The van der Waals surface area contributed by atoms with E-state index in [9.17, 15) is 19.7 Å². The van der Waals surface area contributed by atoms with Gasteiger partial charge in [0.15, 0.2) is 27.9 Å². The molecule has 1 aromatic heterocycles. The summed E-state index contributed by atoms with van der Waals surface area (Å²) in [5.74, 6) is 0.993. The summed E-state index contributed by atoms with van der Waals surface area (Å²) in [6.07, 6.45) is 10.4. The molecular formula is C50H79ClN6O13S. The van der Waals surface area contributed by atoms with Crippen molar-refractivity contribution in [2.24, 2.45) is 40.6 Å². The molecule has 0 N–H and O–H groups in total. The lowest BCUT2D eigenvalue weighted by molar-refractivity contribution is -0.486. The third-order valence-electron chi connectivity index (χ3n) is 16.0. The molecule has 19 nitrogen and oxygen atoms in total. The van der Waals surface area contributed by atoms with Crippen molar-refractivity contribution in [2.75, 3.05) is 55.4 Å². The SMILES string of the molecule is CCO[C@@H]1[C@@H](OC)[C@H](C)O[C@@H](O[C@@H]2C[C@H]3CC[C@@H]4[C@@H](C=C5C(=O)[C@H](C)[C@@H](O[C@H]6CC[C@H](N(C)C)[C@@H](C)O6)CCC[C@H](CC)OC(=O)C[C@H]54)[C@@H]3C2)[C@@H]1OC.CN1COCN(Cc2cnc(Cl)s2)/C1=N/[N+](=O)[O-]. The van der Waals surface area contributed by atoms with Gasteiger partial charge in [0.05, 0.1) is 37.4 Å². The van der Waals surface area contributed by atoms with E-state index in [2.05, 4.69) is 49.0 Å². The molecule has 400 valence electrons. The third kappa shape index (κ3) is 13.5. The maximum absolute atomic E-state index is 14.7. The van der Waals surface area contributed by atoms with Crippen molar-refractivity contribution < 1.29 is 57.3 Å².